The van der Waals surface area contributed by atoms with Crippen molar-refractivity contribution >= 4 is 45.5 Å². The van der Waals surface area contributed by atoms with Gasteiger partial charge in [-0.15, -0.1) is 0 Å². The highest BCUT2D eigenvalue weighted by atomic mass is 79.9. The number of barbiturate groups is 1. The Hall–Kier alpha value is -3.91. The Morgan fingerprint density at radius 2 is 1.66 bits per heavy atom. The zero-order valence-electron chi connectivity index (χ0n) is 21.8. The molecule has 0 aromatic heterocycles. The number of carbonyl (C=O) groups excluding carboxylic acids is 3. The van der Waals surface area contributed by atoms with Gasteiger partial charge in [0.05, 0.1) is 16.8 Å². The number of nitrogens with one attached hydrogen (secondary N) is 1. The molecule has 0 atom stereocenters. The molecule has 0 saturated carbocycles. The number of hydrogen-bond acceptors (Lipinski definition) is 5. The molecule has 3 aromatic carbocycles. The first-order chi connectivity index (χ1) is 18.2. The van der Waals surface area contributed by atoms with Crippen molar-refractivity contribution in [3.05, 3.63) is 92.5 Å². The van der Waals surface area contributed by atoms with Gasteiger partial charge in [-0.2, -0.15) is 0 Å². The van der Waals surface area contributed by atoms with Gasteiger partial charge in [0.15, 0.2) is 11.5 Å². The summed E-state index contributed by atoms with van der Waals surface area (Å²) in [6.07, 6.45) is 2.07. The highest BCUT2D eigenvalue weighted by Gasteiger charge is 2.37. The number of imide groups is 2. The summed E-state index contributed by atoms with van der Waals surface area (Å²) in [6, 6.07) is 16.0. The largest absolute Gasteiger partial charge is 0.490 e. The molecule has 0 bridgehead atoms. The van der Waals surface area contributed by atoms with Gasteiger partial charge in [-0.25, -0.2) is 9.69 Å². The summed E-state index contributed by atoms with van der Waals surface area (Å²) in [5.41, 5.74) is 4.98. The van der Waals surface area contributed by atoms with Crippen LogP contribution in [0.5, 0.6) is 11.5 Å². The van der Waals surface area contributed by atoms with Crippen LogP contribution in [0.2, 0.25) is 0 Å². The first-order valence-electron chi connectivity index (χ1n) is 12.4. The molecular weight excluding hydrogens is 548 g/mol. The van der Waals surface area contributed by atoms with Crippen LogP contribution in [-0.2, 0) is 22.6 Å². The lowest BCUT2D eigenvalue weighted by molar-refractivity contribution is -0.122. The van der Waals surface area contributed by atoms with Crippen molar-refractivity contribution in [3.63, 3.8) is 0 Å². The third-order valence-electron chi connectivity index (χ3n) is 6.02. The zero-order valence-corrected chi connectivity index (χ0v) is 23.3. The van der Waals surface area contributed by atoms with Crippen molar-refractivity contribution in [2.45, 2.75) is 40.7 Å². The molecule has 196 valence electrons. The molecule has 7 nitrogen and oxygen atoms in total. The molecule has 1 heterocycles. The number of aryl methyl sites for hydroxylation is 3. The summed E-state index contributed by atoms with van der Waals surface area (Å²) in [7, 11) is 0. The zero-order chi connectivity index (χ0) is 27.4. The third-order valence-corrected chi connectivity index (χ3v) is 6.61. The van der Waals surface area contributed by atoms with Gasteiger partial charge < -0.3 is 9.47 Å². The fourth-order valence-electron chi connectivity index (χ4n) is 4.45. The van der Waals surface area contributed by atoms with E-state index in [0.29, 0.717) is 46.9 Å². The lowest BCUT2D eigenvalue weighted by Gasteiger charge is -2.28. The predicted molar refractivity (Wildman–Crippen MR) is 150 cm³/mol. The minimum atomic E-state index is -0.774. The predicted octanol–water partition coefficient (Wildman–Crippen LogP) is 6.27. The van der Waals surface area contributed by atoms with Gasteiger partial charge in [-0.05, 0) is 84.1 Å². The minimum absolute atomic E-state index is 0.159. The van der Waals surface area contributed by atoms with Crippen LogP contribution < -0.4 is 19.7 Å². The SMILES string of the molecule is CCOc1cc(/C=C2/C(=O)NC(=O)N(c3ccccc3CC)C2=O)cc(Br)c1OCc1cc(C)cc(C)c1. The number of amides is 4. The normalized spacial score (nSPS) is 14.6. The number of anilines is 1. The Labute approximate surface area is 230 Å². The lowest BCUT2D eigenvalue weighted by atomic mass is 10.0. The second-order valence-corrected chi connectivity index (χ2v) is 9.84. The number of nitrogens with zero attached hydrogens (tertiary/aromatic N) is 1. The Morgan fingerprint density at radius 3 is 2.34 bits per heavy atom. The van der Waals surface area contributed by atoms with Gasteiger partial charge >= 0.3 is 6.03 Å². The minimum Gasteiger partial charge on any atom is -0.490 e. The first kappa shape index (κ1) is 27.1. The third kappa shape index (κ3) is 5.81. The molecule has 1 fully saturated rings. The van der Waals surface area contributed by atoms with Crippen molar-refractivity contribution in [3.8, 4) is 11.5 Å². The van der Waals surface area contributed by atoms with Crippen LogP contribution in [0.3, 0.4) is 0 Å². The summed E-state index contributed by atoms with van der Waals surface area (Å²) < 4.78 is 12.6. The Bertz CT molecular complexity index is 1430. The molecule has 0 spiro atoms. The van der Waals surface area contributed by atoms with Crippen molar-refractivity contribution < 1.29 is 23.9 Å². The molecule has 3 aromatic rings. The summed E-state index contributed by atoms with van der Waals surface area (Å²) >= 11 is 3.56. The van der Waals surface area contributed by atoms with Crippen molar-refractivity contribution in [1.82, 2.24) is 5.32 Å². The van der Waals surface area contributed by atoms with E-state index in [1.807, 2.05) is 39.8 Å². The molecule has 8 heteroatoms. The molecule has 1 N–H and O–H groups in total. The summed E-state index contributed by atoms with van der Waals surface area (Å²) in [6.45, 7) is 8.61. The van der Waals surface area contributed by atoms with E-state index in [9.17, 15) is 14.4 Å². The van der Waals surface area contributed by atoms with Gasteiger partial charge in [0, 0.05) is 0 Å². The summed E-state index contributed by atoms with van der Waals surface area (Å²) in [5, 5.41) is 2.28. The fraction of sp³-hybridized carbons (Fsp3) is 0.233. The summed E-state index contributed by atoms with van der Waals surface area (Å²) in [5.74, 6) is -0.467. The van der Waals surface area contributed by atoms with Crippen molar-refractivity contribution in [1.29, 1.82) is 0 Å². The van der Waals surface area contributed by atoms with Crippen molar-refractivity contribution in [2.75, 3.05) is 11.5 Å². The highest BCUT2D eigenvalue weighted by molar-refractivity contribution is 9.10. The first-order valence-corrected chi connectivity index (χ1v) is 13.2. The van der Waals surface area contributed by atoms with E-state index in [4.69, 9.17) is 9.47 Å². The molecular formula is C30H29BrN2O5. The standard InChI is InChI=1S/C30H29BrN2O5/c1-5-22-9-7-8-10-25(22)33-29(35)23(28(34)32-30(33)36)14-20-15-24(31)27(26(16-20)37-6-2)38-17-21-12-18(3)11-19(4)13-21/h7-16H,5-6,17H2,1-4H3,(H,32,34,36)/b23-14-. The maximum atomic E-state index is 13.4. The topological polar surface area (TPSA) is 84.9 Å². The van der Waals surface area contributed by atoms with Gasteiger partial charge in [0.25, 0.3) is 11.8 Å². The number of benzene rings is 3. The number of carbonyl (C=O) groups is 3. The van der Waals surface area contributed by atoms with E-state index in [1.54, 1.807) is 24.3 Å². The lowest BCUT2D eigenvalue weighted by Crippen LogP contribution is -2.54. The fourth-order valence-corrected chi connectivity index (χ4v) is 5.03. The van der Waals surface area contributed by atoms with E-state index < -0.39 is 17.8 Å². The second-order valence-electron chi connectivity index (χ2n) is 8.99. The smallest absolute Gasteiger partial charge is 0.335 e. The average Bonchev–Trinajstić information content (AvgIpc) is 2.86. The van der Waals surface area contributed by atoms with Crippen LogP contribution in [0.1, 0.15) is 41.7 Å². The van der Waals surface area contributed by atoms with Gasteiger partial charge in [-0.3, -0.25) is 14.9 Å². The van der Waals surface area contributed by atoms with Crippen LogP contribution in [0.15, 0.2) is 64.6 Å². The van der Waals surface area contributed by atoms with Crippen molar-refractivity contribution in [2.24, 2.45) is 0 Å². The molecule has 0 aliphatic carbocycles. The van der Waals surface area contributed by atoms with E-state index in [-0.39, 0.29) is 5.57 Å². The van der Waals surface area contributed by atoms with Crippen LogP contribution in [-0.4, -0.2) is 24.5 Å². The molecule has 1 aliphatic heterocycles. The van der Waals surface area contributed by atoms with Gasteiger partial charge in [0.1, 0.15) is 12.2 Å². The number of hydrogen-bond donors (Lipinski definition) is 1. The van der Waals surface area contributed by atoms with E-state index in [0.717, 1.165) is 27.2 Å². The molecule has 0 unspecified atom stereocenters. The molecule has 4 amide bonds. The molecule has 1 aliphatic rings. The van der Waals surface area contributed by atoms with Crippen LogP contribution in [0, 0.1) is 13.8 Å². The van der Waals surface area contributed by atoms with Crippen LogP contribution >= 0.6 is 15.9 Å². The van der Waals surface area contributed by atoms with E-state index in [2.05, 4.69) is 39.4 Å². The molecule has 38 heavy (non-hydrogen) atoms. The maximum absolute atomic E-state index is 13.4. The number of urea groups is 1. The highest BCUT2D eigenvalue weighted by Crippen LogP contribution is 2.38. The Kier molecular flexibility index (Phi) is 8.32. The molecule has 0 radical (unpaired) electrons. The van der Waals surface area contributed by atoms with Crippen LogP contribution in [0.4, 0.5) is 10.5 Å². The quantitative estimate of drug-likeness (QED) is 0.252. The Balaban J connectivity index is 1.68. The molecule has 1 saturated heterocycles. The van der Waals surface area contributed by atoms with E-state index >= 15 is 0 Å². The number of rotatable bonds is 8. The monoisotopic (exact) mass is 576 g/mol. The average molecular weight is 577 g/mol. The maximum Gasteiger partial charge on any atom is 0.335 e. The number of ether oxygens (including phenoxy) is 2. The summed E-state index contributed by atoms with van der Waals surface area (Å²) in [4.78, 5) is 39.8. The van der Waals surface area contributed by atoms with Gasteiger partial charge in [-0.1, -0.05) is 54.4 Å². The number of halogens is 1. The van der Waals surface area contributed by atoms with Gasteiger partial charge in [0.2, 0.25) is 0 Å². The number of para-hydroxylation sites is 1. The van der Waals surface area contributed by atoms with Crippen LogP contribution in [0.25, 0.3) is 6.08 Å². The Morgan fingerprint density at radius 1 is 0.947 bits per heavy atom. The second kappa shape index (κ2) is 11.6. The molecule has 4 rings (SSSR count). The van der Waals surface area contributed by atoms with E-state index in [1.165, 1.54) is 6.08 Å².